The van der Waals surface area contributed by atoms with E-state index in [2.05, 4.69) is 26.1 Å². The van der Waals surface area contributed by atoms with Gasteiger partial charge in [-0.1, -0.05) is 40.0 Å². The summed E-state index contributed by atoms with van der Waals surface area (Å²) in [5.41, 5.74) is 1.01. The average Bonchev–Trinajstić information content (AvgIpc) is 2.90. The summed E-state index contributed by atoms with van der Waals surface area (Å²) in [6.45, 7) is 9.38. The maximum Gasteiger partial charge on any atom is 0.0594 e. The van der Waals surface area contributed by atoms with E-state index in [0.717, 1.165) is 19.1 Å². The van der Waals surface area contributed by atoms with E-state index in [9.17, 15) is 0 Å². The Bertz CT molecular complexity index is 330. The van der Waals surface area contributed by atoms with Crippen LogP contribution in [-0.2, 0) is 4.74 Å². The van der Waals surface area contributed by atoms with Crippen molar-refractivity contribution in [2.24, 2.45) is 16.7 Å². The Kier molecular flexibility index (Phi) is 4.16. The molecule has 3 unspecified atom stereocenters. The monoisotopic (exact) mass is 279 g/mol. The Morgan fingerprint density at radius 1 is 1.05 bits per heavy atom. The van der Waals surface area contributed by atoms with Crippen molar-refractivity contribution < 1.29 is 4.74 Å². The van der Waals surface area contributed by atoms with Gasteiger partial charge in [0.15, 0.2) is 0 Å². The van der Waals surface area contributed by atoms with E-state index in [4.69, 9.17) is 4.74 Å². The zero-order valence-electron chi connectivity index (χ0n) is 13.7. The Balaban J connectivity index is 1.44. The molecule has 0 saturated heterocycles. The molecule has 0 spiro atoms. The lowest BCUT2D eigenvalue weighted by atomic mass is 9.68. The van der Waals surface area contributed by atoms with E-state index in [1.54, 1.807) is 0 Å². The van der Waals surface area contributed by atoms with Gasteiger partial charge < -0.3 is 10.1 Å². The van der Waals surface area contributed by atoms with Crippen LogP contribution in [0.5, 0.6) is 0 Å². The molecule has 0 amide bonds. The summed E-state index contributed by atoms with van der Waals surface area (Å²) in [4.78, 5) is 0. The molecule has 0 radical (unpaired) electrons. The smallest absolute Gasteiger partial charge is 0.0594 e. The van der Waals surface area contributed by atoms with Gasteiger partial charge in [0.1, 0.15) is 0 Å². The van der Waals surface area contributed by atoms with Crippen LogP contribution in [0.3, 0.4) is 0 Å². The second-order valence-electron chi connectivity index (χ2n) is 8.43. The summed E-state index contributed by atoms with van der Waals surface area (Å²) in [6.07, 6.45) is 11.6. The van der Waals surface area contributed by atoms with E-state index >= 15 is 0 Å². The van der Waals surface area contributed by atoms with Crippen molar-refractivity contribution in [3.05, 3.63) is 0 Å². The molecule has 0 aliphatic heterocycles. The van der Waals surface area contributed by atoms with Crippen molar-refractivity contribution >= 4 is 0 Å². The van der Waals surface area contributed by atoms with Gasteiger partial charge >= 0.3 is 0 Å². The van der Waals surface area contributed by atoms with Gasteiger partial charge in [-0.2, -0.15) is 0 Å². The van der Waals surface area contributed by atoms with Gasteiger partial charge in [-0.25, -0.2) is 0 Å². The molecule has 3 fully saturated rings. The number of ether oxygens (including phenoxy) is 1. The predicted octanol–water partition coefficient (Wildman–Crippen LogP) is 4.14. The lowest BCUT2D eigenvalue weighted by Crippen LogP contribution is -2.51. The van der Waals surface area contributed by atoms with Gasteiger partial charge in [0, 0.05) is 12.6 Å². The first-order chi connectivity index (χ1) is 9.52. The second kappa shape index (κ2) is 5.61. The number of hydrogen-bond acceptors (Lipinski definition) is 2. The molecular weight excluding hydrogens is 246 g/mol. The standard InChI is InChI=1S/C18H33NO/c1-17(2)14-9-10-18(3,13-14)16(17)19-11-12-20-15-7-5-4-6-8-15/h14-16,19H,4-13H2,1-3H3. The fourth-order valence-corrected chi connectivity index (χ4v) is 5.47. The summed E-state index contributed by atoms with van der Waals surface area (Å²) in [6, 6.07) is 0.684. The van der Waals surface area contributed by atoms with Gasteiger partial charge in [-0.15, -0.1) is 0 Å². The van der Waals surface area contributed by atoms with Crippen LogP contribution < -0.4 is 5.32 Å². The average molecular weight is 279 g/mol. The van der Waals surface area contributed by atoms with Crippen LogP contribution in [0.1, 0.15) is 72.1 Å². The zero-order chi connectivity index (χ0) is 14.2. The molecule has 3 saturated carbocycles. The van der Waals surface area contributed by atoms with Gasteiger partial charge in [0.2, 0.25) is 0 Å². The number of fused-ring (bicyclic) bond motifs is 2. The molecule has 116 valence electrons. The van der Waals surface area contributed by atoms with E-state index in [0.29, 0.717) is 23.0 Å². The number of rotatable bonds is 5. The zero-order valence-corrected chi connectivity index (χ0v) is 13.7. The summed E-state index contributed by atoms with van der Waals surface area (Å²) >= 11 is 0. The number of hydrogen-bond donors (Lipinski definition) is 1. The van der Waals surface area contributed by atoms with Gasteiger partial charge in [0.05, 0.1) is 12.7 Å². The van der Waals surface area contributed by atoms with Crippen molar-refractivity contribution in [3.8, 4) is 0 Å². The topological polar surface area (TPSA) is 21.3 Å². The molecule has 3 atom stereocenters. The molecule has 20 heavy (non-hydrogen) atoms. The third-order valence-electron chi connectivity index (χ3n) is 6.63. The molecule has 0 heterocycles. The number of nitrogens with one attached hydrogen (secondary N) is 1. The Hall–Kier alpha value is -0.0800. The Labute approximate surface area is 125 Å². The summed E-state index contributed by atoms with van der Waals surface area (Å²) in [7, 11) is 0. The molecule has 3 aliphatic carbocycles. The molecule has 1 N–H and O–H groups in total. The van der Waals surface area contributed by atoms with Crippen molar-refractivity contribution in [1.29, 1.82) is 0 Å². The Morgan fingerprint density at radius 2 is 1.80 bits per heavy atom. The second-order valence-corrected chi connectivity index (χ2v) is 8.43. The lowest BCUT2D eigenvalue weighted by Gasteiger charge is -2.43. The van der Waals surface area contributed by atoms with Crippen molar-refractivity contribution in [2.45, 2.75) is 84.3 Å². The first kappa shape index (κ1) is 14.8. The molecule has 2 heteroatoms. The fourth-order valence-electron chi connectivity index (χ4n) is 5.47. The summed E-state index contributed by atoms with van der Waals surface area (Å²) in [5, 5.41) is 3.86. The summed E-state index contributed by atoms with van der Waals surface area (Å²) < 4.78 is 6.06. The highest BCUT2D eigenvalue weighted by molar-refractivity contribution is 5.11. The highest BCUT2D eigenvalue weighted by Crippen LogP contribution is 2.62. The molecule has 0 aromatic carbocycles. The van der Waals surface area contributed by atoms with Crippen LogP contribution in [0.4, 0.5) is 0 Å². The molecule has 3 rings (SSSR count). The van der Waals surface area contributed by atoms with E-state index in [-0.39, 0.29) is 0 Å². The molecular formula is C18H33NO. The largest absolute Gasteiger partial charge is 0.377 e. The minimum atomic E-state index is 0.470. The minimum absolute atomic E-state index is 0.470. The lowest BCUT2D eigenvalue weighted by molar-refractivity contribution is 0.0226. The quantitative estimate of drug-likeness (QED) is 0.764. The van der Waals surface area contributed by atoms with Gasteiger partial charge in [-0.05, 0) is 48.9 Å². The van der Waals surface area contributed by atoms with Gasteiger partial charge in [-0.3, -0.25) is 0 Å². The predicted molar refractivity (Wildman–Crippen MR) is 83.8 cm³/mol. The van der Waals surface area contributed by atoms with Crippen molar-refractivity contribution in [1.82, 2.24) is 5.32 Å². The molecule has 0 aromatic rings. The maximum atomic E-state index is 6.06. The molecule has 3 aliphatic rings. The molecule has 2 nitrogen and oxygen atoms in total. The van der Waals surface area contributed by atoms with E-state index < -0.39 is 0 Å². The first-order valence-electron chi connectivity index (χ1n) is 8.87. The third kappa shape index (κ3) is 2.66. The summed E-state index contributed by atoms with van der Waals surface area (Å²) in [5.74, 6) is 0.935. The minimum Gasteiger partial charge on any atom is -0.377 e. The van der Waals surface area contributed by atoms with Crippen LogP contribution in [0.15, 0.2) is 0 Å². The van der Waals surface area contributed by atoms with Gasteiger partial charge in [0.25, 0.3) is 0 Å². The SMILES string of the molecule is CC12CCC(C1)C(C)(C)C2NCCOC1CCCCC1. The van der Waals surface area contributed by atoms with Crippen molar-refractivity contribution in [3.63, 3.8) is 0 Å². The molecule has 0 aromatic heterocycles. The van der Waals surface area contributed by atoms with Crippen LogP contribution in [0.2, 0.25) is 0 Å². The van der Waals surface area contributed by atoms with Crippen molar-refractivity contribution in [2.75, 3.05) is 13.2 Å². The third-order valence-corrected chi connectivity index (χ3v) is 6.63. The normalized spacial score (nSPS) is 40.4. The van der Waals surface area contributed by atoms with Crippen LogP contribution in [-0.4, -0.2) is 25.3 Å². The fraction of sp³-hybridized carbons (Fsp3) is 1.00. The maximum absolute atomic E-state index is 6.06. The first-order valence-corrected chi connectivity index (χ1v) is 8.87. The van der Waals surface area contributed by atoms with E-state index in [1.165, 1.54) is 51.4 Å². The molecule has 2 bridgehead atoms. The highest BCUT2D eigenvalue weighted by Gasteiger charge is 2.58. The van der Waals surface area contributed by atoms with Crippen LogP contribution in [0, 0.1) is 16.7 Å². The van der Waals surface area contributed by atoms with Crippen LogP contribution in [0.25, 0.3) is 0 Å². The van der Waals surface area contributed by atoms with E-state index in [1.807, 2.05) is 0 Å². The highest BCUT2D eigenvalue weighted by atomic mass is 16.5. The van der Waals surface area contributed by atoms with Crippen LogP contribution >= 0.6 is 0 Å². The Morgan fingerprint density at radius 3 is 2.45 bits per heavy atom.